The van der Waals surface area contributed by atoms with Crippen LogP contribution in [-0.2, 0) is 29.7 Å². The number of hydrogen-bond acceptors (Lipinski definition) is 7. The van der Waals surface area contributed by atoms with E-state index in [0.29, 0.717) is 27.8 Å². The lowest BCUT2D eigenvalue weighted by atomic mass is 10.0. The molecule has 42 heavy (non-hydrogen) atoms. The van der Waals surface area contributed by atoms with Crippen molar-refractivity contribution in [2.45, 2.75) is 26.6 Å². The quantitative estimate of drug-likeness (QED) is 0.282. The van der Waals surface area contributed by atoms with Gasteiger partial charge in [0.2, 0.25) is 10.0 Å². The average molecular weight is 593 g/mol. The van der Waals surface area contributed by atoms with Crippen LogP contribution in [0.3, 0.4) is 0 Å². The van der Waals surface area contributed by atoms with E-state index in [2.05, 4.69) is 15.0 Å². The van der Waals surface area contributed by atoms with Crippen LogP contribution in [0.4, 0.5) is 10.1 Å². The van der Waals surface area contributed by atoms with Gasteiger partial charge in [0.05, 0.1) is 24.1 Å². The predicted octanol–water partition coefficient (Wildman–Crippen LogP) is 4.24. The molecule has 0 spiro atoms. The van der Waals surface area contributed by atoms with Gasteiger partial charge in [-0.25, -0.2) is 12.8 Å². The summed E-state index contributed by atoms with van der Waals surface area (Å²) in [7, 11) is -0.728. The molecule has 0 saturated heterocycles. The van der Waals surface area contributed by atoms with Crippen molar-refractivity contribution in [2.75, 3.05) is 24.6 Å². The topological polar surface area (TPSA) is 127 Å². The fourth-order valence-corrected chi connectivity index (χ4v) is 5.55. The Balaban J connectivity index is 1.62. The highest BCUT2D eigenvalue weighted by molar-refractivity contribution is 7.92. The van der Waals surface area contributed by atoms with Crippen LogP contribution in [0.1, 0.15) is 44.3 Å². The number of nitrogens with one attached hydrogen (secondary N) is 2. The highest BCUT2D eigenvalue weighted by Gasteiger charge is 2.37. The highest BCUT2D eigenvalue weighted by atomic mass is 32.2. The zero-order valence-electron chi connectivity index (χ0n) is 23.2. The van der Waals surface area contributed by atoms with E-state index >= 15 is 0 Å². The third-order valence-corrected chi connectivity index (χ3v) is 8.33. The SMILES string of the molecule is CCS(=O)(=O)Nc1c2c(c(OCc3ccc(OC)cc3)c3ncccc13)C(=O)N(Cc1ccc(F)cc1C(=O)NC)C2. The molecule has 10 nitrogen and oxygen atoms in total. The monoisotopic (exact) mass is 592 g/mol. The minimum atomic E-state index is -3.74. The van der Waals surface area contributed by atoms with Crippen LogP contribution < -0.4 is 19.5 Å². The molecule has 0 bridgehead atoms. The van der Waals surface area contributed by atoms with Gasteiger partial charge in [0.15, 0.2) is 5.75 Å². The van der Waals surface area contributed by atoms with E-state index in [-0.39, 0.29) is 48.0 Å². The Morgan fingerprint density at radius 3 is 2.60 bits per heavy atom. The highest BCUT2D eigenvalue weighted by Crippen LogP contribution is 2.44. The Labute approximate surface area is 242 Å². The first kappa shape index (κ1) is 28.8. The zero-order valence-corrected chi connectivity index (χ0v) is 24.0. The molecule has 4 aromatic rings. The molecular formula is C30H29FN4O6S. The molecule has 2 N–H and O–H groups in total. The molecule has 0 unspecified atom stereocenters. The predicted molar refractivity (Wildman–Crippen MR) is 156 cm³/mol. The number of carbonyl (C=O) groups excluding carboxylic acids is 2. The van der Waals surface area contributed by atoms with E-state index in [9.17, 15) is 22.4 Å². The molecule has 5 rings (SSSR count). The molecule has 0 aliphatic carbocycles. The standard InChI is InChI=1S/C30H29FN4O6S/c1-4-42(38,39)34-26-22-6-5-13-33-27(22)28(41-17-18-7-11-21(40-3)12-8-18)25-24(26)16-35(30(25)37)15-19-9-10-20(31)14-23(19)29(36)32-2/h5-14,34H,4,15-17H2,1-3H3,(H,32,36). The number of halogens is 1. The number of aromatic nitrogens is 1. The Morgan fingerprint density at radius 1 is 1.14 bits per heavy atom. The van der Waals surface area contributed by atoms with E-state index in [1.807, 2.05) is 12.1 Å². The first-order valence-corrected chi connectivity index (χ1v) is 14.8. The Morgan fingerprint density at radius 2 is 1.90 bits per heavy atom. The number of fused-ring (bicyclic) bond motifs is 2. The molecule has 12 heteroatoms. The first-order chi connectivity index (χ1) is 20.2. The smallest absolute Gasteiger partial charge is 0.258 e. The Hall–Kier alpha value is -4.71. The van der Waals surface area contributed by atoms with Gasteiger partial charge in [-0.1, -0.05) is 18.2 Å². The number of rotatable bonds is 10. The molecule has 0 atom stereocenters. The van der Waals surface area contributed by atoms with Crippen molar-refractivity contribution in [1.82, 2.24) is 15.2 Å². The van der Waals surface area contributed by atoms with Crippen LogP contribution in [0.5, 0.6) is 11.5 Å². The third-order valence-electron chi connectivity index (χ3n) is 7.06. The van der Waals surface area contributed by atoms with Gasteiger partial charge in [-0.15, -0.1) is 0 Å². The second-order valence-electron chi connectivity index (χ2n) is 9.64. The van der Waals surface area contributed by atoms with Crippen molar-refractivity contribution in [3.8, 4) is 11.5 Å². The maximum atomic E-state index is 14.0. The normalized spacial score (nSPS) is 12.8. The number of amides is 2. The van der Waals surface area contributed by atoms with Gasteiger partial charge in [0.1, 0.15) is 23.7 Å². The second kappa shape index (κ2) is 11.6. The molecule has 218 valence electrons. The lowest BCUT2D eigenvalue weighted by Crippen LogP contribution is -2.26. The number of hydrogen-bond donors (Lipinski definition) is 2. The van der Waals surface area contributed by atoms with E-state index in [4.69, 9.17) is 9.47 Å². The first-order valence-electron chi connectivity index (χ1n) is 13.1. The molecule has 2 amide bonds. The van der Waals surface area contributed by atoms with Gasteiger partial charge in [-0.05, 0) is 54.4 Å². The molecule has 2 heterocycles. The van der Waals surface area contributed by atoms with Crippen molar-refractivity contribution in [1.29, 1.82) is 0 Å². The minimum absolute atomic E-state index is 0.0179. The molecule has 3 aromatic carbocycles. The van der Waals surface area contributed by atoms with Gasteiger partial charge in [-0.3, -0.25) is 19.3 Å². The molecule has 1 aliphatic rings. The van der Waals surface area contributed by atoms with Crippen molar-refractivity contribution >= 4 is 38.4 Å². The van der Waals surface area contributed by atoms with Crippen molar-refractivity contribution in [3.05, 3.63) is 94.4 Å². The van der Waals surface area contributed by atoms with Gasteiger partial charge >= 0.3 is 0 Å². The average Bonchev–Trinajstić information content (AvgIpc) is 3.32. The van der Waals surface area contributed by atoms with Crippen molar-refractivity contribution in [2.24, 2.45) is 0 Å². The van der Waals surface area contributed by atoms with Gasteiger partial charge in [0.25, 0.3) is 11.8 Å². The number of carbonyl (C=O) groups is 2. The molecule has 1 aliphatic heterocycles. The van der Waals surface area contributed by atoms with Gasteiger partial charge < -0.3 is 19.7 Å². The number of pyridine rings is 1. The molecule has 1 aromatic heterocycles. The number of anilines is 1. The van der Waals surface area contributed by atoms with E-state index in [1.165, 1.54) is 31.0 Å². The van der Waals surface area contributed by atoms with Crippen LogP contribution in [0.25, 0.3) is 10.9 Å². The summed E-state index contributed by atoms with van der Waals surface area (Å²) in [5.41, 5.74) is 2.49. The summed E-state index contributed by atoms with van der Waals surface area (Å²) >= 11 is 0. The molecule has 0 radical (unpaired) electrons. The Kier molecular flexibility index (Phi) is 7.99. The lowest BCUT2D eigenvalue weighted by molar-refractivity contribution is 0.0760. The third kappa shape index (κ3) is 5.57. The van der Waals surface area contributed by atoms with E-state index in [1.54, 1.807) is 37.6 Å². The molecular weight excluding hydrogens is 563 g/mol. The maximum absolute atomic E-state index is 14.0. The number of sulfonamides is 1. The number of nitrogens with zero attached hydrogens (tertiary/aromatic N) is 2. The van der Waals surface area contributed by atoms with Crippen molar-refractivity contribution < 1.29 is 31.9 Å². The fourth-order valence-electron chi connectivity index (χ4n) is 4.86. The summed E-state index contributed by atoms with van der Waals surface area (Å²) in [6.07, 6.45) is 1.54. The van der Waals surface area contributed by atoms with Crippen LogP contribution in [0, 0.1) is 5.82 Å². The second-order valence-corrected chi connectivity index (χ2v) is 11.7. The summed E-state index contributed by atoms with van der Waals surface area (Å²) in [6.45, 7) is 1.61. The number of benzene rings is 3. The summed E-state index contributed by atoms with van der Waals surface area (Å²) in [6, 6.07) is 14.4. The van der Waals surface area contributed by atoms with Gasteiger partial charge in [0, 0.05) is 42.8 Å². The van der Waals surface area contributed by atoms with Gasteiger partial charge in [-0.2, -0.15) is 0 Å². The van der Waals surface area contributed by atoms with Crippen LogP contribution in [0.15, 0.2) is 60.8 Å². The fraction of sp³-hybridized carbons (Fsp3) is 0.233. The van der Waals surface area contributed by atoms with Crippen LogP contribution in [0.2, 0.25) is 0 Å². The van der Waals surface area contributed by atoms with E-state index in [0.717, 1.165) is 11.6 Å². The summed E-state index contributed by atoms with van der Waals surface area (Å²) in [4.78, 5) is 32.4. The number of methoxy groups -OCH3 is 1. The molecule has 0 fully saturated rings. The molecule has 0 saturated carbocycles. The largest absolute Gasteiger partial charge is 0.497 e. The maximum Gasteiger partial charge on any atom is 0.258 e. The lowest BCUT2D eigenvalue weighted by Gasteiger charge is -2.18. The van der Waals surface area contributed by atoms with E-state index < -0.39 is 27.7 Å². The van der Waals surface area contributed by atoms with Crippen LogP contribution in [-0.4, -0.2) is 50.0 Å². The zero-order chi connectivity index (χ0) is 30.0. The summed E-state index contributed by atoms with van der Waals surface area (Å²) in [5, 5.41) is 2.96. The minimum Gasteiger partial charge on any atom is -0.497 e. The summed E-state index contributed by atoms with van der Waals surface area (Å²) in [5.74, 6) is -0.802. The number of ether oxygens (including phenoxy) is 2. The van der Waals surface area contributed by atoms with Crippen LogP contribution >= 0.6 is 0 Å². The summed E-state index contributed by atoms with van der Waals surface area (Å²) < 4.78 is 53.6. The Bertz CT molecular complexity index is 1790. The van der Waals surface area contributed by atoms with Crippen molar-refractivity contribution in [3.63, 3.8) is 0 Å².